The lowest BCUT2D eigenvalue weighted by molar-refractivity contribution is 0.255. The van der Waals surface area contributed by atoms with Gasteiger partial charge in [0.25, 0.3) is 0 Å². The molecule has 0 aliphatic heterocycles. The van der Waals surface area contributed by atoms with Gasteiger partial charge in [0.05, 0.1) is 6.33 Å². The number of hydrogen-bond donors (Lipinski definition) is 0. The summed E-state index contributed by atoms with van der Waals surface area (Å²) >= 11 is 0. The molecule has 1 nitrogen and oxygen atoms in total. The van der Waals surface area contributed by atoms with Crippen LogP contribution in [0.15, 0.2) is 35.6 Å². The van der Waals surface area contributed by atoms with Gasteiger partial charge in [0.1, 0.15) is 6.61 Å². The maximum atomic E-state index is 13.3. The van der Waals surface area contributed by atoms with Gasteiger partial charge in [-0.3, -0.25) is 0 Å². The summed E-state index contributed by atoms with van der Waals surface area (Å²) in [6, 6.07) is 0. The van der Waals surface area contributed by atoms with E-state index in [2.05, 4.69) is 5.92 Å². The van der Waals surface area contributed by atoms with E-state index in [1.54, 1.807) is 13.0 Å². The first kappa shape index (κ1) is 12.4. The predicted molar refractivity (Wildman–Crippen MR) is 52.6 cm³/mol. The summed E-state index contributed by atoms with van der Waals surface area (Å²) in [4.78, 5) is 0. The Balaban J connectivity index is 4.87. The lowest BCUT2D eigenvalue weighted by Gasteiger charge is -2.05. The largest absolute Gasteiger partial charge is 0.478 e. The van der Waals surface area contributed by atoms with Crippen LogP contribution < -0.4 is 0 Å². The molecule has 0 aromatic heterocycles. The molecular formula is C11H12F2O. The van der Waals surface area contributed by atoms with Gasteiger partial charge in [-0.2, -0.15) is 0 Å². The van der Waals surface area contributed by atoms with E-state index in [0.29, 0.717) is 0 Å². The molecule has 0 amide bonds. The molecule has 0 aliphatic carbocycles. The fraction of sp³-hybridized carbons (Fsp3) is 0.273. The molecule has 0 unspecified atom stereocenters. The number of terminal acetylenes is 1. The van der Waals surface area contributed by atoms with Gasteiger partial charge >= 0.3 is 0 Å². The molecule has 3 heteroatoms. The zero-order valence-corrected chi connectivity index (χ0v) is 8.18. The van der Waals surface area contributed by atoms with Crippen LogP contribution in [-0.2, 0) is 4.74 Å². The fourth-order valence-electron chi connectivity index (χ4n) is 0.698. The van der Waals surface area contributed by atoms with Gasteiger partial charge in [-0.05, 0) is 19.9 Å². The van der Waals surface area contributed by atoms with E-state index in [9.17, 15) is 8.78 Å². The van der Waals surface area contributed by atoms with E-state index in [-0.39, 0.29) is 24.3 Å². The first-order valence-corrected chi connectivity index (χ1v) is 4.03. The summed E-state index contributed by atoms with van der Waals surface area (Å²) in [5, 5.41) is 0. The lowest BCUT2D eigenvalue weighted by Crippen LogP contribution is -1.94. The molecule has 0 rings (SSSR count). The van der Waals surface area contributed by atoms with E-state index in [0.717, 1.165) is 0 Å². The molecule has 0 radical (unpaired) electrons. The Hall–Kier alpha value is -1.56. The molecule has 76 valence electrons. The van der Waals surface area contributed by atoms with Crippen molar-refractivity contribution in [1.29, 1.82) is 0 Å². The highest BCUT2D eigenvalue weighted by Gasteiger charge is 2.06. The standard InChI is InChI=1S/C11H12F2O/c1-4-6-10(14-7-5-2)11(13)9(3)8-12/h2,4,6,8H,7H2,1,3H3. The molecule has 0 N–H and O–H groups in total. The summed E-state index contributed by atoms with van der Waals surface area (Å²) in [6.07, 6.45) is 8.10. The van der Waals surface area contributed by atoms with Crippen molar-refractivity contribution in [3.8, 4) is 12.3 Å². The van der Waals surface area contributed by atoms with Crippen molar-refractivity contribution in [2.24, 2.45) is 0 Å². The first-order valence-electron chi connectivity index (χ1n) is 4.03. The van der Waals surface area contributed by atoms with Crippen LogP contribution in [0.1, 0.15) is 13.8 Å². The van der Waals surface area contributed by atoms with Gasteiger partial charge in [0, 0.05) is 5.57 Å². The number of hydrogen-bond acceptors (Lipinski definition) is 1. The van der Waals surface area contributed by atoms with E-state index in [1.165, 1.54) is 13.0 Å². The molecule has 0 aromatic rings. The zero-order chi connectivity index (χ0) is 11.0. The van der Waals surface area contributed by atoms with E-state index >= 15 is 0 Å². The Kier molecular flexibility index (Phi) is 6.13. The van der Waals surface area contributed by atoms with Gasteiger partial charge in [-0.15, -0.1) is 6.42 Å². The third-order valence-electron chi connectivity index (χ3n) is 1.36. The molecule has 0 heterocycles. The second kappa shape index (κ2) is 6.90. The van der Waals surface area contributed by atoms with Gasteiger partial charge in [-0.1, -0.05) is 12.0 Å². The van der Waals surface area contributed by atoms with E-state index in [4.69, 9.17) is 11.2 Å². The van der Waals surface area contributed by atoms with Gasteiger partial charge < -0.3 is 4.74 Å². The summed E-state index contributed by atoms with van der Waals surface area (Å²) in [5.74, 6) is 1.39. The quantitative estimate of drug-likeness (QED) is 0.382. The predicted octanol–water partition coefficient (Wildman–Crippen LogP) is 3.27. The summed E-state index contributed by atoms with van der Waals surface area (Å²) < 4.78 is 30.2. The third kappa shape index (κ3) is 3.90. The molecular weight excluding hydrogens is 186 g/mol. The lowest BCUT2D eigenvalue weighted by atomic mass is 10.2. The number of allylic oxidation sites excluding steroid dienone is 4. The van der Waals surface area contributed by atoms with Crippen molar-refractivity contribution in [3.05, 3.63) is 35.6 Å². The van der Waals surface area contributed by atoms with Crippen molar-refractivity contribution in [2.75, 3.05) is 6.61 Å². The SMILES string of the molecule is C#CCOC(C=CC)=C(F)C(C)=CF. The van der Waals surface area contributed by atoms with Crippen LogP contribution in [0.4, 0.5) is 8.78 Å². The highest BCUT2D eigenvalue weighted by molar-refractivity contribution is 5.30. The summed E-state index contributed by atoms with van der Waals surface area (Å²) in [6.45, 7) is 2.95. The second-order valence-electron chi connectivity index (χ2n) is 2.46. The van der Waals surface area contributed by atoms with Crippen LogP contribution in [0.25, 0.3) is 0 Å². The minimum absolute atomic E-state index is 0.0489. The maximum Gasteiger partial charge on any atom is 0.170 e. The van der Waals surface area contributed by atoms with E-state index in [1.807, 2.05) is 0 Å². The van der Waals surface area contributed by atoms with Crippen molar-refractivity contribution in [1.82, 2.24) is 0 Å². The Morgan fingerprint density at radius 3 is 2.64 bits per heavy atom. The van der Waals surface area contributed by atoms with Crippen LogP contribution in [0.5, 0.6) is 0 Å². The number of halogens is 2. The smallest absolute Gasteiger partial charge is 0.170 e. The minimum atomic E-state index is -0.749. The molecule has 0 bridgehead atoms. The molecule has 14 heavy (non-hydrogen) atoms. The van der Waals surface area contributed by atoms with Crippen LogP contribution in [0.2, 0.25) is 0 Å². The Labute approximate surface area is 82.8 Å². The second-order valence-corrected chi connectivity index (χ2v) is 2.46. The molecule has 0 atom stereocenters. The Morgan fingerprint density at radius 1 is 1.57 bits per heavy atom. The van der Waals surface area contributed by atoms with Crippen molar-refractivity contribution >= 4 is 0 Å². The van der Waals surface area contributed by atoms with Crippen LogP contribution in [0, 0.1) is 12.3 Å². The van der Waals surface area contributed by atoms with Gasteiger partial charge in [0.15, 0.2) is 11.6 Å². The normalized spacial score (nSPS) is 13.8. The van der Waals surface area contributed by atoms with Crippen LogP contribution >= 0.6 is 0 Å². The van der Waals surface area contributed by atoms with Crippen molar-refractivity contribution in [2.45, 2.75) is 13.8 Å². The molecule has 0 fully saturated rings. The topological polar surface area (TPSA) is 9.23 Å². The third-order valence-corrected chi connectivity index (χ3v) is 1.36. The van der Waals surface area contributed by atoms with Crippen molar-refractivity contribution in [3.63, 3.8) is 0 Å². The minimum Gasteiger partial charge on any atom is -0.478 e. The number of rotatable bonds is 4. The van der Waals surface area contributed by atoms with Crippen LogP contribution in [-0.4, -0.2) is 6.61 Å². The van der Waals surface area contributed by atoms with Gasteiger partial charge in [-0.25, -0.2) is 8.78 Å². The average molecular weight is 198 g/mol. The molecule has 0 spiro atoms. The molecule has 0 saturated carbocycles. The monoisotopic (exact) mass is 198 g/mol. The molecule has 0 aromatic carbocycles. The van der Waals surface area contributed by atoms with Crippen molar-refractivity contribution < 1.29 is 13.5 Å². The summed E-state index contributed by atoms with van der Waals surface area (Å²) in [7, 11) is 0. The van der Waals surface area contributed by atoms with E-state index < -0.39 is 5.83 Å². The maximum absolute atomic E-state index is 13.3. The average Bonchev–Trinajstić information content (AvgIpc) is 2.22. The Morgan fingerprint density at radius 2 is 2.21 bits per heavy atom. The Bertz CT molecular complexity index is 306. The zero-order valence-electron chi connectivity index (χ0n) is 8.18. The highest BCUT2D eigenvalue weighted by Crippen LogP contribution is 2.18. The summed E-state index contributed by atoms with van der Waals surface area (Å²) in [5.41, 5.74) is -0.130. The number of ether oxygens (including phenoxy) is 1. The highest BCUT2D eigenvalue weighted by atomic mass is 19.1. The molecule has 0 saturated heterocycles. The molecule has 0 aliphatic rings. The first-order chi connectivity index (χ1) is 6.67. The van der Waals surface area contributed by atoms with Gasteiger partial charge in [0.2, 0.25) is 0 Å². The fourth-order valence-corrected chi connectivity index (χ4v) is 0.698. The van der Waals surface area contributed by atoms with Crippen LogP contribution in [0.3, 0.4) is 0 Å².